The highest BCUT2D eigenvalue weighted by Crippen LogP contribution is 2.35. The fourth-order valence-corrected chi connectivity index (χ4v) is 4.70. The molecule has 5 nitrogen and oxygen atoms in total. The SMILES string of the molecule is CC(C)(C)c1nc2ccc(N3C(=O)CN(C4CCCC4)C3=O)cc2s1. The number of carbonyl (C=O) groups is 2. The summed E-state index contributed by atoms with van der Waals surface area (Å²) < 4.78 is 1.02. The van der Waals surface area contributed by atoms with Gasteiger partial charge in [0.15, 0.2) is 0 Å². The second-order valence-corrected chi connectivity index (χ2v) is 9.03. The van der Waals surface area contributed by atoms with Gasteiger partial charge in [0.05, 0.1) is 20.9 Å². The van der Waals surface area contributed by atoms with Gasteiger partial charge in [0, 0.05) is 11.5 Å². The van der Waals surface area contributed by atoms with Crippen molar-refractivity contribution < 1.29 is 9.59 Å². The van der Waals surface area contributed by atoms with Crippen LogP contribution >= 0.6 is 11.3 Å². The van der Waals surface area contributed by atoms with Crippen molar-refractivity contribution in [3.8, 4) is 0 Å². The van der Waals surface area contributed by atoms with Crippen LogP contribution in [0, 0.1) is 0 Å². The zero-order valence-electron chi connectivity index (χ0n) is 14.9. The van der Waals surface area contributed by atoms with Crippen LogP contribution in [0.15, 0.2) is 18.2 Å². The number of nitrogens with zero attached hydrogens (tertiary/aromatic N) is 3. The molecule has 2 heterocycles. The zero-order valence-corrected chi connectivity index (χ0v) is 15.7. The second-order valence-electron chi connectivity index (χ2n) is 8.00. The number of anilines is 1. The lowest BCUT2D eigenvalue weighted by Gasteiger charge is -2.22. The van der Waals surface area contributed by atoms with Crippen molar-refractivity contribution in [2.24, 2.45) is 0 Å². The van der Waals surface area contributed by atoms with E-state index in [1.165, 1.54) is 4.90 Å². The quantitative estimate of drug-likeness (QED) is 0.753. The second kappa shape index (κ2) is 5.80. The molecular formula is C19H23N3O2S. The molecule has 4 rings (SSSR count). The molecule has 1 aromatic heterocycles. The average molecular weight is 357 g/mol. The third kappa shape index (κ3) is 2.82. The maximum atomic E-state index is 12.8. The highest BCUT2D eigenvalue weighted by molar-refractivity contribution is 7.18. The van der Waals surface area contributed by atoms with Crippen molar-refractivity contribution in [1.29, 1.82) is 0 Å². The average Bonchev–Trinajstić information content (AvgIpc) is 3.24. The van der Waals surface area contributed by atoms with Gasteiger partial charge in [-0.05, 0) is 31.0 Å². The molecule has 2 aromatic rings. The van der Waals surface area contributed by atoms with Crippen molar-refractivity contribution in [2.45, 2.75) is 57.9 Å². The van der Waals surface area contributed by atoms with Gasteiger partial charge < -0.3 is 4.90 Å². The molecule has 132 valence electrons. The molecule has 1 aromatic carbocycles. The molecular weight excluding hydrogens is 334 g/mol. The fourth-order valence-electron chi connectivity index (χ4n) is 3.65. The van der Waals surface area contributed by atoms with Crippen LogP contribution in [-0.4, -0.2) is 34.4 Å². The molecule has 25 heavy (non-hydrogen) atoms. The Labute approximate surface area is 151 Å². The van der Waals surface area contributed by atoms with Crippen molar-refractivity contribution >= 4 is 39.2 Å². The Morgan fingerprint density at radius 2 is 1.88 bits per heavy atom. The topological polar surface area (TPSA) is 53.5 Å². The molecule has 1 saturated carbocycles. The van der Waals surface area contributed by atoms with Gasteiger partial charge in [-0.25, -0.2) is 14.7 Å². The van der Waals surface area contributed by atoms with Crippen molar-refractivity contribution in [3.63, 3.8) is 0 Å². The number of thiazole rings is 1. The summed E-state index contributed by atoms with van der Waals surface area (Å²) in [4.78, 5) is 33.1. The smallest absolute Gasteiger partial charge is 0.312 e. The predicted octanol–water partition coefficient (Wildman–Crippen LogP) is 4.31. The summed E-state index contributed by atoms with van der Waals surface area (Å²) in [6.45, 7) is 6.62. The lowest BCUT2D eigenvalue weighted by atomic mass is 9.98. The fraction of sp³-hybridized carbons (Fsp3) is 0.526. The Bertz CT molecular complexity index is 846. The van der Waals surface area contributed by atoms with Crippen LogP contribution in [0.1, 0.15) is 51.5 Å². The predicted molar refractivity (Wildman–Crippen MR) is 100 cm³/mol. The minimum Gasteiger partial charge on any atom is -0.312 e. The van der Waals surface area contributed by atoms with Gasteiger partial charge in [0.1, 0.15) is 6.54 Å². The van der Waals surface area contributed by atoms with Gasteiger partial charge in [-0.1, -0.05) is 33.6 Å². The van der Waals surface area contributed by atoms with E-state index in [4.69, 9.17) is 0 Å². The van der Waals surface area contributed by atoms with Gasteiger partial charge in [0.25, 0.3) is 5.91 Å². The van der Waals surface area contributed by atoms with Crippen LogP contribution < -0.4 is 4.90 Å². The summed E-state index contributed by atoms with van der Waals surface area (Å²) in [5.41, 5.74) is 1.57. The van der Waals surface area contributed by atoms with Crippen LogP contribution in [0.5, 0.6) is 0 Å². The summed E-state index contributed by atoms with van der Waals surface area (Å²) >= 11 is 1.63. The molecule has 0 spiro atoms. The lowest BCUT2D eigenvalue weighted by molar-refractivity contribution is -0.116. The summed E-state index contributed by atoms with van der Waals surface area (Å²) in [5, 5.41) is 1.06. The first kappa shape index (κ1) is 16.5. The molecule has 0 unspecified atom stereocenters. The van der Waals surface area contributed by atoms with Crippen molar-refractivity contribution in [1.82, 2.24) is 9.88 Å². The van der Waals surface area contributed by atoms with E-state index in [0.717, 1.165) is 40.9 Å². The highest BCUT2D eigenvalue weighted by Gasteiger charge is 2.41. The number of carbonyl (C=O) groups excluding carboxylic acids is 2. The number of amides is 3. The van der Waals surface area contributed by atoms with E-state index in [2.05, 4.69) is 25.8 Å². The number of imide groups is 1. The lowest BCUT2D eigenvalue weighted by Crippen LogP contribution is -2.38. The Morgan fingerprint density at radius 3 is 2.56 bits per heavy atom. The minimum atomic E-state index is -0.170. The molecule has 0 atom stereocenters. The van der Waals surface area contributed by atoms with Crippen LogP contribution in [-0.2, 0) is 10.2 Å². The third-order valence-corrected chi connectivity index (χ3v) is 6.47. The first-order chi connectivity index (χ1) is 11.8. The number of aromatic nitrogens is 1. The molecule has 2 fully saturated rings. The van der Waals surface area contributed by atoms with Crippen molar-refractivity contribution in [2.75, 3.05) is 11.4 Å². The van der Waals surface area contributed by atoms with E-state index >= 15 is 0 Å². The first-order valence-corrected chi connectivity index (χ1v) is 9.71. The first-order valence-electron chi connectivity index (χ1n) is 8.89. The number of hydrogen-bond acceptors (Lipinski definition) is 4. The molecule has 1 aliphatic heterocycles. The molecule has 3 amide bonds. The summed E-state index contributed by atoms with van der Waals surface area (Å²) in [6, 6.07) is 5.73. The molecule has 0 radical (unpaired) electrons. The maximum Gasteiger partial charge on any atom is 0.332 e. The Hall–Kier alpha value is -1.95. The number of urea groups is 1. The van der Waals surface area contributed by atoms with Gasteiger partial charge >= 0.3 is 6.03 Å². The third-order valence-electron chi connectivity index (χ3n) is 5.03. The van der Waals surface area contributed by atoms with E-state index in [1.54, 1.807) is 16.2 Å². The molecule has 0 N–H and O–H groups in total. The van der Waals surface area contributed by atoms with Crippen LogP contribution in [0.3, 0.4) is 0 Å². The largest absolute Gasteiger partial charge is 0.332 e. The van der Waals surface area contributed by atoms with Gasteiger partial charge in [-0.3, -0.25) is 4.79 Å². The number of rotatable bonds is 2. The Balaban J connectivity index is 1.66. The number of benzene rings is 1. The van der Waals surface area contributed by atoms with E-state index in [-0.39, 0.29) is 29.9 Å². The minimum absolute atomic E-state index is 0.0115. The number of fused-ring (bicyclic) bond motifs is 1. The maximum absolute atomic E-state index is 12.8. The van der Waals surface area contributed by atoms with E-state index in [0.29, 0.717) is 5.69 Å². The molecule has 0 bridgehead atoms. The molecule has 6 heteroatoms. The van der Waals surface area contributed by atoms with Crippen LogP contribution in [0.25, 0.3) is 10.2 Å². The van der Waals surface area contributed by atoms with Crippen LogP contribution in [0.4, 0.5) is 10.5 Å². The van der Waals surface area contributed by atoms with Crippen LogP contribution in [0.2, 0.25) is 0 Å². The molecule has 2 aliphatic rings. The van der Waals surface area contributed by atoms with Gasteiger partial charge in [-0.15, -0.1) is 11.3 Å². The van der Waals surface area contributed by atoms with E-state index in [9.17, 15) is 9.59 Å². The molecule has 1 saturated heterocycles. The van der Waals surface area contributed by atoms with Crippen molar-refractivity contribution in [3.05, 3.63) is 23.2 Å². The standard InChI is InChI=1S/C19H23N3O2S/c1-19(2,3)17-20-14-9-8-13(10-15(14)25-17)22-16(23)11-21(18(22)24)12-6-4-5-7-12/h8-10,12H,4-7,11H2,1-3H3. The normalized spacial score (nSPS) is 19.6. The van der Waals surface area contributed by atoms with E-state index in [1.807, 2.05) is 18.2 Å². The monoisotopic (exact) mass is 357 g/mol. The van der Waals surface area contributed by atoms with E-state index < -0.39 is 0 Å². The summed E-state index contributed by atoms with van der Waals surface area (Å²) in [7, 11) is 0. The van der Waals surface area contributed by atoms with Gasteiger partial charge in [0.2, 0.25) is 0 Å². The Kier molecular flexibility index (Phi) is 3.83. The highest BCUT2D eigenvalue weighted by atomic mass is 32.1. The number of hydrogen-bond donors (Lipinski definition) is 0. The summed E-state index contributed by atoms with van der Waals surface area (Å²) in [5.74, 6) is -0.128. The Morgan fingerprint density at radius 1 is 1.16 bits per heavy atom. The van der Waals surface area contributed by atoms with Gasteiger partial charge in [-0.2, -0.15) is 0 Å². The molecule has 1 aliphatic carbocycles. The zero-order chi connectivity index (χ0) is 17.8. The summed E-state index contributed by atoms with van der Waals surface area (Å²) in [6.07, 6.45) is 4.31.